The number of thiazole rings is 1. The number of nitrogens with one attached hydrogen (secondary N) is 2. The van der Waals surface area contributed by atoms with Crippen molar-refractivity contribution in [1.82, 2.24) is 15.6 Å². The first-order valence-corrected chi connectivity index (χ1v) is 8.43. The molecule has 10 heteroatoms. The standard InChI is InChI=1S/C16H18F4N4OS/c1-21-15(23-7-14-24-13(9-26-14)16(18,19)20)22-6-10-3-4-12(17)11(5-10)8-25-2/h3-5,9H,6-8H2,1-2H3,(H2,21,22,23). The number of hydrogen-bond donors (Lipinski definition) is 2. The Morgan fingerprint density at radius 2 is 2.00 bits per heavy atom. The first kappa shape index (κ1) is 20.1. The number of halogens is 4. The number of aromatic nitrogens is 1. The Morgan fingerprint density at radius 1 is 1.27 bits per heavy atom. The number of aliphatic imine (C=N–C) groups is 1. The van der Waals surface area contributed by atoms with Gasteiger partial charge in [0.25, 0.3) is 0 Å². The van der Waals surface area contributed by atoms with Gasteiger partial charge in [0.2, 0.25) is 0 Å². The van der Waals surface area contributed by atoms with Crippen LogP contribution < -0.4 is 10.6 Å². The molecule has 0 spiro atoms. The molecule has 0 bridgehead atoms. The zero-order valence-corrected chi connectivity index (χ0v) is 15.0. The smallest absolute Gasteiger partial charge is 0.380 e. The Morgan fingerprint density at radius 3 is 2.62 bits per heavy atom. The Balaban J connectivity index is 1.90. The van der Waals surface area contributed by atoms with E-state index in [1.807, 2.05) is 0 Å². The quantitative estimate of drug-likeness (QED) is 0.451. The van der Waals surface area contributed by atoms with Crippen molar-refractivity contribution in [2.24, 2.45) is 4.99 Å². The molecule has 0 saturated carbocycles. The van der Waals surface area contributed by atoms with Gasteiger partial charge in [0, 0.05) is 31.6 Å². The van der Waals surface area contributed by atoms with Gasteiger partial charge in [-0.1, -0.05) is 6.07 Å². The van der Waals surface area contributed by atoms with Crippen LogP contribution in [-0.4, -0.2) is 25.1 Å². The molecule has 1 aromatic carbocycles. The summed E-state index contributed by atoms with van der Waals surface area (Å²) in [5.74, 6) is 0.0497. The molecule has 0 atom stereocenters. The van der Waals surface area contributed by atoms with Crippen LogP contribution in [0.4, 0.5) is 17.6 Å². The number of methoxy groups -OCH3 is 1. The number of rotatable bonds is 6. The molecule has 5 nitrogen and oxygen atoms in total. The van der Waals surface area contributed by atoms with Gasteiger partial charge in [-0.25, -0.2) is 9.37 Å². The molecule has 26 heavy (non-hydrogen) atoms. The summed E-state index contributed by atoms with van der Waals surface area (Å²) in [7, 11) is 3.03. The maximum absolute atomic E-state index is 13.6. The van der Waals surface area contributed by atoms with Crippen molar-refractivity contribution in [3.63, 3.8) is 0 Å². The zero-order chi connectivity index (χ0) is 19.2. The van der Waals surface area contributed by atoms with Crippen LogP contribution in [0, 0.1) is 5.82 Å². The lowest BCUT2D eigenvalue weighted by atomic mass is 10.1. The largest absolute Gasteiger partial charge is 0.434 e. The highest BCUT2D eigenvalue weighted by atomic mass is 32.1. The third kappa shape index (κ3) is 5.67. The molecule has 2 aromatic rings. The molecule has 0 radical (unpaired) electrons. The molecular weight excluding hydrogens is 372 g/mol. The van der Waals surface area contributed by atoms with Gasteiger partial charge < -0.3 is 15.4 Å². The SMILES string of the molecule is CN=C(NCc1ccc(F)c(COC)c1)NCc1nc(C(F)(F)F)cs1. The number of ether oxygens (including phenoxy) is 1. The van der Waals surface area contributed by atoms with Gasteiger partial charge in [-0.15, -0.1) is 11.3 Å². The third-order valence-corrected chi connectivity index (χ3v) is 4.19. The Bertz CT molecular complexity index is 761. The van der Waals surface area contributed by atoms with E-state index in [4.69, 9.17) is 4.74 Å². The summed E-state index contributed by atoms with van der Waals surface area (Å²) in [5, 5.41) is 7.18. The molecule has 142 valence electrons. The van der Waals surface area contributed by atoms with Gasteiger partial charge in [-0.05, 0) is 17.7 Å². The molecule has 0 amide bonds. The fourth-order valence-electron chi connectivity index (χ4n) is 2.09. The first-order valence-electron chi connectivity index (χ1n) is 7.56. The summed E-state index contributed by atoms with van der Waals surface area (Å²) in [6.45, 7) is 0.638. The van der Waals surface area contributed by atoms with Crippen LogP contribution in [0.25, 0.3) is 0 Å². The zero-order valence-electron chi connectivity index (χ0n) is 14.2. The fourth-order valence-corrected chi connectivity index (χ4v) is 2.83. The number of alkyl halides is 3. The Labute approximate surface area is 152 Å². The molecular formula is C16H18F4N4OS. The van der Waals surface area contributed by atoms with Gasteiger partial charge >= 0.3 is 6.18 Å². The van der Waals surface area contributed by atoms with Crippen LogP contribution in [-0.2, 0) is 30.6 Å². The van der Waals surface area contributed by atoms with E-state index in [0.717, 1.165) is 22.3 Å². The number of benzene rings is 1. The third-order valence-electron chi connectivity index (χ3n) is 3.34. The molecule has 0 aliphatic carbocycles. The van der Waals surface area contributed by atoms with Gasteiger partial charge in [0.05, 0.1) is 13.2 Å². The van der Waals surface area contributed by atoms with E-state index >= 15 is 0 Å². The van der Waals surface area contributed by atoms with E-state index in [9.17, 15) is 17.6 Å². The van der Waals surface area contributed by atoms with Crippen molar-refractivity contribution in [3.8, 4) is 0 Å². The molecule has 1 aromatic heterocycles. The second-order valence-corrected chi connectivity index (χ2v) is 6.20. The molecule has 0 aliphatic heterocycles. The van der Waals surface area contributed by atoms with Crippen molar-refractivity contribution in [3.05, 3.63) is 51.2 Å². The first-order chi connectivity index (χ1) is 12.3. The second kappa shape index (κ2) is 8.95. The van der Waals surface area contributed by atoms with Crippen LogP contribution in [0.1, 0.15) is 21.8 Å². The van der Waals surface area contributed by atoms with Crippen molar-refractivity contribution in [1.29, 1.82) is 0 Å². The summed E-state index contributed by atoms with van der Waals surface area (Å²) in [4.78, 5) is 7.54. The van der Waals surface area contributed by atoms with E-state index < -0.39 is 11.9 Å². The summed E-state index contributed by atoms with van der Waals surface area (Å²) in [5.41, 5.74) is 0.353. The second-order valence-electron chi connectivity index (χ2n) is 5.26. The molecule has 2 N–H and O–H groups in total. The topological polar surface area (TPSA) is 58.5 Å². The maximum Gasteiger partial charge on any atom is 0.434 e. The van der Waals surface area contributed by atoms with Gasteiger partial charge in [0.1, 0.15) is 10.8 Å². The predicted octanol–water partition coefficient (Wildman–Crippen LogP) is 3.31. The molecule has 0 aliphatic rings. The highest BCUT2D eigenvalue weighted by molar-refractivity contribution is 7.09. The van der Waals surface area contributed by atoms with E-state index in [1.54, 1.807) is 19.2 Å². The summed E-state index contributed by atoms with van der Waals surface area (Å²) >= 11 is 0.920. The molecule has 1 heterocycles. The number of hydrogen-bond acceptors (Lipinski definition) is 4. The summed E-state index contributed by atoms with van der Waals surface area (Å²) in [6, 6.07) is 4.66. The lowest BCUT2D eigenvalue weighted by molar-refractivity contribution is -0.140. The highest BCUT2D eigenvalue weighted by Crippen LogP contribution is 2.29. The predicted molar refractivity (Wildman–Crippen MR) is 91.3 cm³/mol. The number of nitrogens with zero attached hydrogens (tertiary/aromatic N) is 2. The van der Waals surface area contributed by atoms with E-state index in [0.29, 0.717) is 23.1 Å². The fraction of sp³-hybridized carbons (Fsp3) is 0.375. The van der Waals surface area contributed by atoms with Crippen molar-refractivity contribution >= 4 is 17.3 Å². The monoisotopic (exact) mass is 390 g/mol. The Hall–Kier alpha value is -2.20. The van der Waals surface area contributed by atoms with Gasteiger partial charge in [-0.2, -0.15) is 13.2 Å². The van der Waals surface area contributed by atoms with Crippen molar-refractivity contribution in [2.75, 3.05) is 14.2 Å². The number of guanidine groups is 1. The van der Waals surface area contributed by atoms with E-state index in [-0.39, 0.29) is 19.0 Å². The van der Waals surface area contributed by atoms with E-state index in [1.165, 1.54) is 13.2 Å². The van der Waals surface area contributed by atoms with Crippen LogP contribution >= 0.6 is 11.3 Å². The average molecular weight is 390 g/mol. The minimum atomic E-state index is -4.45. The Kier molecular flexibility index (Phi) is 6.92. The van der Waals surface area contributed by atoms with Crippen molar-refractivity contribution < 1.29 is 22.3 Å². The average Bonchev–Trinajstić information content (AvgIpc) is 3.07. The minimum absolute atomic E-state index is 0.110. The molecule has 0 fully saturated rings. The molecule has 0 saturated heterocycles. The van der Waals surface area contributed by atoms with Crippen molar-refractivity contribution in [2.45, 2.75) is 25.9 Å². The maximum atomic E-state index is 13.6. The molecule has 0 unspecified atom stereocenters. The minimum Gasteiger partial charge on any atom is -0.380 e. The van der Waals surface area contributed by atoms with Crippen LogP contribution in [0.5, 0.6) is 0 Å². The normalized spacial score (nSPS) is 12.3. The lowest BCUT2D eigenvalue weighted by Crippen LogP contribution is -2.36. The van der Waals surface area contributed by atoms with Gasteiger partial charge in [0.15, 0.2) is 11.7 Å². The summed E-state index contributed by atoms with van der Waals surface area (Å²) in [6.07, 6.45) is -4.45. The van der Waals surface area contributed by atoms with Crippen LogP contribution in [0.2, 0.25) is 0 Å². The van der Waals surface area contributed by atoms with E-state index in [2.05, 4.69) is 20.6 Å². The molecule has 2 rings (SSSR count). The van der Waals surface area contributed by atoms with Crippen LogP contribution in [0.15, 0.2) is 28.6 Å². The lowest BCUT2D eigenvalue weighted by Gasteiger charge is -2.12. The summed E-state index contributed by atoms with van der Waals surface area (Å²) < 4.78 is 56.2. The van der Waals surface area contributed by atoms with Crippen LogP contribution in [0.3, 0.4) is 0 Å². The highest BCUT2D eigenvalue weighted by Gasteiger charge is 2.33. The van der Waals surface area contributed by atoms with Gasteiger partial charge in [-0.3, -0.25) is 4.99 Å².